The zero-order valence-corrected chi connectivity index (χ0v) is 11.6. The maximum atomic E-state index is 6.70. The first-order valence-electron chi connectivity index (χ1n) is 7.88. The minimum Gasteiger partial charge on any atom is -0.327 e. The highest BCUT2D eigenvalue weighted by atomic mass is 14.7. The smallest absolute Gasteiger partial charge is 0.0122 e. The van der Waals surface area contributed by atoms with Crippen molar-refractivity contribution in [2.75, 3.05) is 0 Å². The van der Waals surface area contributed by atoms with E-state index < -0.39 is 0 Å². The maximum absolute atomic E-state index is 6.70. The van der Waals surface area contributed by atoms with Crippen molar-refractivity contribution in [2.24, 2.45) is 34.8 Å². The monoisotopic (exact) mass is 235 g/mol. The molecule has 2 N–H and O–H groups in total. The molecule has 2 unspecified atom stereocenters. The Bertz CT molecular complexity index is 248. The molecule has 4 bridgehead atoms. The fraction of sp³-hybridized carbons (Fsp3) is 1.00. The van der Waals surface area contributed by atoms with E-state index in [2.05, 4.69) is 13.8 Å². The molecule has 4 saturated carbocycles. The van der Waals surface area contributed by atoms with Crippen LogP contribution in [-0.2, 0) is 0 Å². The molecule has 1 heteroatoms. The Balaban J connectivity index is 1.77. The fourth-order valence-corrected chi connectivity index (χ4v) is 5.82. The van der Waals surface area contributed by atoms with Crippen molar-refractivity contribution in [3.05, 3.63) is 0 Å². The van der Waals surface area contributed by atoms with Gasteiger partial charge in [-0.05, 0) is 74.0 Å². The van der Waals surface area contributed by atoms with Crippen LogP contribution in [0.1, 0.15) is 65.2 Å². The predicted octanol–water partition coefficient (Wildman–Crippen LogP) is 3.97. The quantitative estimate of drug-likeness (QED) is 0.784. The van der Waals surface area contributed by atoms with Gasteiger partial charge in [0, 0.05) is 6.04 Å². The number of rotatable bonds is 4. The molecule has 1 nitrogen and oxygen atoms in total. The summed E-state index contributed by atoms with van der Waals surface area (Å²) < 4.78 is 0. The summed E-state index contributed by atoms with van der Waals surface area (Å²) in [6.45, 7) is 4.69. The molecule has 2 atom stereocenters. The van der Waals surface area contributed by atoms with Crippen LogP contribution in [-0.4, -0.2) is 6.04 Å². The second-order valence-corrected chi connectivity index (χ2v) is 7.57. The summed E-state index contributed by atoms with van der Waals surface area (Å²) in [7, 11) is 0. The third kappa shape index (κ3) is 1.95. The highest BCUT2D eigenvalue weighted by Crippen LogP contribution is 2.61. The summed E-state index contributed by atoms with van der Waals surface area (Å²) in [5.41, 5.74) is 7.26. The molecule has 0 heterocycles. The summed E-state index contributed by atoms with van der Waals surface area (Å²) in [4.78, 5) is 0. The normalized spacial score (nSPS) is 47.1. The third-order valence-corrected chi connectivity index (χ3v) is 6.15. The molecular weight excluding hydrogens is 206 g/mol. The van der Waals surface area contributed by atoms with Crippen LogP contribution in [0.3, 0.4) is 0 Å². The van der Waals surface area contributed by atoms with E-state index in [9.17, 15) is 0 Å². The molecular formula is C16H29N. The van der Waals surface area contributed by atoms with Gasteiger partial charge >= 0.3 is 0 Å². The van der Waals surface area contributed by atoms with Gasteiger partial charge in [0.1, 0.15) is 0 Å². The van der Waals surface area contributed by atoms with E-state index in [1.165, 1.54) is 51.4 Å². The number of hydrogen-bond acceptors (Lipinski definition) is 1. The van der Waals surface area contributed by atoms with E-state index in [0.29, 0.717) is 11.5 Å². The van der Waals surface area contributed by atoms with Gasteiger partial charge in [0.2, 0.25) is 0 Å². The lowest BCUT2D eigenvalue weighted by Crippen LogP contribution is -2.56. The molecule has 4 aliphatic rings. The molecule has 0 aromatic rings. The summed E-state index contributed by atoms with van der Waals surface area (Å²) in [6.07, 6.45) is 11.6. The van der Waals surface area contributed by atoms with E-state index in [-0.39, 0.29) is 0 Å². The second kappa shape index (κ2) is 4.26. The van der Waals surface area contributed by atoms with E-state index in [4.69, 9.17) is 5.73 Å². The molecule has 0 saturated heterocycles. The second-order valence-electron chi connectivity index (χ2n) is 7.57. The Kier molecular flexibility index (Phi) is 3.01. The van der Waals surface area contributed by atoms with Crippen LogP contribution < -0.4 is 5.73 Å². The highest BCUT2D eigenvalue weighted by Gasteiger charge is 2.53. The van der Waals surface area contributed by atoms with E-state index in [1.807, 2.05) is 0 Å². The average molecular weight is 235 g/mol. The van der Waals surface area contributed by atoms with Gasteiger partial charge in [-0.25, -0.2) is 0 Å². The van der Waals surface area contributed by atoms with Crippen molar-refractivity contribution >= 4 is 0 Å². The van der Waals surface area contributed by atoms with E-state index in [0.717, 1.165) is 23.7 Å². The molecule has 0 aliphatic heterocycles. The zero-order valence-electron chi connectivity index (χ0n) is 11.6. The molecule has 0 amide bonds. The summed E-state index contributed by atoms with van der Waals surface area (Å²) in [6, 6.07) is 0.482. The largest absolute Gasteiger partial charge is 0.327 e. The topological polar surface area (TPSA) is 26.0 Å². The Morgan fingerprint density at radius 1 is 1.06 bits per heavy atom. The van der Waals surface area contributed by atoms with Crippen LogP contribution in [0.5, 0.6) is 0 Å². The first-order chi connectivity index (χ1) is 8.13. The molecule has 4 fully saturated rings. The predicted molar refractivity (Wildman–Crippen MR) is 72.7 cm³/mol. The van der Waals surface area contributed by atoms with Crippen LogP contribution in [0.25, 0.3) is 0 Å². The average Bonchev–Trinajstić information content (AvgIpc) is 2.26. The van der Waals surface area contributed by atoms with Crippen molar-refractivity contribution in [2.45, 2.75) is 71.3 Å². The van der Waals surface area contributed by atoms with Crippen molar-refractivity contribution in [3.63, 3.8) is 0 Å². The Hall–Kier alpha value is -0.0400. The van der Waals surface area contributed by atoms with Gasteiger partial charge in [-0.15, -0.1) is 0 Å². The van der Waals surface area contributed by atoms with Gasteiger partial charge < -0.3 is 5.73 Å². The minimum absolute atomic E-state index is 0.482. The molecule has 0 aromatic carbocycles. The number of nitrogens with two attached hydrogens (primary N) is 1. The van der Waals surface area contributed by atoms with Gasteiger partial charge in [-0.1, -0.05) is 20.3 Å². The third-order valence-electron chi connectivity index (χ3n) is 6.15. The SMILES string of the molecule is CCCC(C)C(N)C12CC3CC(CC(C3)C1)C2. The fourth-order valence-electron chi connectivity index (χ4n) is 5.82. The molecule has 17 heavy (non-hydrogen) atoms. The molecule has 0 aromatic heterocycles. The van der Waals surface area contributed by atoms with Crippen molar-refractivity contribution in [1.82, 2.24) is 0 Å². The van der Waals surface area contributed by atoms with Crippen molar-refractivity contribution in [3.8, 4) is 0 Å². The molecule has 0 spiro atoms. The molecule has 4 aliphatic carbocycles. The van der Waals surface area contributed by atoms with Crippen LogP contribution in [0, 0.1) is 29.1 Å². The standard InChI is InChI=1S/C16H29N/c1-3-4-11(2)15(17)16-8-12-5-13(9-16)7-14(6-12)10-16/h11-15H,3-10,17H2,1-2H3. The van der Waals surface area contributed by atoms with Crippen LogP contribution >= 0.6 is 0 Å². The van der Waals surface area contributed by atoms with Crippen molar-refractivity contribution < 1.29 is 0 Å². The maximum Gasteiger partial charge on any atom is 0.0122 e. The van der Waals surface area contributed by atoms with Gasteiger partial charge in [0.25, 0.3) is 0 Å². The van der Waals surface area contributed by atoms with Gasteiger partial charge in [0.15, 0.2) is 0 Å². The molecule has 98 valence electrons. The van der Waals surface area contributed by atoms with Crippen molar-refractivity contribution in [1.29, 1.82) is 0 Å². The highest BCUT2D eigenvalue weighted by molar-refractivity contribution is 5.06. The van der Waals surface area contributed by atoms with Gasteiger partial charge in [-0.2, -0.15) is 0 Å². The number of hydrogen-bond donors (Lipinski definition) is 1. The first kappa shape index (κ1) is 12.0. The first-order valence-corrected chi connectivity index (χ1v) is 7.88. The molecule has 4 rings (SSSR count). The van der Waals surface area contributed by atoms with Crippen LogP contribution in [0.15, 0.2) is 0 Å². The lowest BCUT2D eigenvalue weighted by Gasteiger charge is -2.59. The van der Waals surface area contributed by atoms with Crippen LogP contribution in [0.4, 0.5) is 0 Å². The Morgan fingerprint density at radius 3 is 1.94 bits per heavy atom. The molecule has 0 radical (unpaired) electrons. The van der Waals surface area contributed by atoms with E-state index >= 15 is 0 Å². The lowest BCUT2D eigenvalue weighted by molar-refractivity contribution is -0.0762. The zero-order chi connectivity index (χ0) is 12.0. The van der Waals surface area contributed by atoms with Gasteiger partial charge in [0.05, 0.1) is 0 Å². The summed E-state index contributed by atoms with van der Waals surface area (Å²) in [5, 5.41) is 0. The van der Waals surface area contributed by atoms with Crippen LogP contribution in [0.2, 0.25) is 0 Å². The Labute approximate surface area is 107 Å². The summed E-state index contributed by atoms with van der Waals surface area (Å²) in [5.74, 6) is 3.86. The Morgan fingerprint density at radius 2 is 1.53 bits per heavy atom. The van der Waals surface area contributed by atoms with E-state index in [1.54, 1.807) is 0 Å². The minimum atomic E-state index is 0.482. The summed E-state index contributed by atoms with van der Waals surface area (Å²) >= 11 is 0. The lowest BCUT2D eigenvalue weighted by atomic mass is 9.47. The van der Waals surface area contributed by atoms with Gasteiger partial charge in [-0.3, -0.25) is 0 Å².